The summed E-state index contributed by atoms with van der Waals surface area (Å²) in [4.78, 5) is 14.9. The minimum absolute atomic E-state index is 0. The van der Waals surface area contributed by atoms with Gasteiger partial charge in [-0.1, -0.05) is 29.8 Å². The molecule has 26 heavy (non-hydrogen) atoms. The average Bonchev–Trinajstić information content (AvgIpc) is 3.31. The minimum atomic E-state index is -0.340. The predicted molar refractivity (Wildman–Crippen MR) is 105 cm³/mol. The standard InChI is InChI=1S/C20H30N2O3.ClH/c1-15-4-6-16(7-5-15)10-11-22(14-18-3-2-12-24-18)20(23)19-9-8-17(13-21)25-19;/h4-7,17-19H,2-3,8-14,21H2,1H3;1H/t17-,18?,19+;/m1./s1. The van der Waals surface area contributed by atoms with Crippen molar-refractivity contribution in [2.45, 2.75) is 57.3 Å². The summed E-state index contributed by atoms with van der Waals surface area (Å²) in [7, 11) is 0. The number of carbonyl (C=O) groups excluding carboxylic acids is 1. The van der Waals surface area contributed by atoms with Crippen LogP contribution in [0.5, 0.6) is 0 Å². The first kappa shape index (κ1) is 21.2. The van der Waals surface area contributed by atoms with E-state index in [1.807, 2.05) is 4.90 Å². The average molecular weight is 383 g/mol. The lowest BCUT2D eigenvalue weighted by Gasteiger charge is -2.28. The zero-order chi connectivity index (χ0) is 17.6. The van der Waals surface area contributed by atoms with Crippen LogP contribution in [0.1, 0.15) is 36.8 Å². The van der Waals surface area contributed by atoms with Crippen LogP contribution in [0.2, 0.25) is 0 Å². The number of nitrogens with two attached hydrogens (primary N) is 1. The molecule has 0 aromatic heterocycles. The number of nitrogens with zero attached hydrogens (tertiary/aromatic N) is 1. The van der Waals surface area contributed by atoms with Gasteiger partial charge in [-0.05, 0) is 44.6 Å². The Labute approximate surface area is 162 Å². The van der Waals surface area contributed by atoms with Gasteiger partial charge in [0.25, 0.3) is 5.91 Å². The molecule has 2 aliphatic rings. The quantitative estimate of drug-likeness (QED) is 0.786. The lowest BCUT2D eigenvalue weighted by atomic mass is 10.1. The highest BCUT2D eigenvalue weighted by molar-refractivity contribution is 5.85. The van der Waals surface area contributed by atoms with Crippen molar-refractivity contribution >= 4 is 18.3 Å². The normalized spacial score (nSPS) is 25.1. The fourth-order valence-electron chi connectivity index (χ4n) is 3.61. The monoisotopic (exact) mass is 382 g/mol. The van der Waals surface area contributed by atoms with Crippen LogP contribution < -0.4 is 5.73 Å². The van der Waals surface area contributed by atoms with Crippen molar-refractivity contribution in [1.82, 2.24) is 4.90 Å². The minimum Gasteiger partial charge on any atom is -0.376 e. The Morgan fingerprint density at radius 3 is 2.58 bits per heavy atom. The fraction of sp³-hybridized carbons (Fsp3) is 0.650. The lowest BCUT2D eigenvalue weighted by Crippen LogP contribution is -2.44. The number of rotatable bonds is 7. The van der Waals surface area contributed by atoms with E-state index in [4.69, 9.17) is 15.2 Å². The van der Waals surface area contributed by atoms with Gasteiger partial charge in [0, 0.05) is 26.2 Å². The fourth-order valence-corrected chi connectivity index (χ4v) is 3.61. The van der Waals surface area contributed by atoms with Crippen molar-refractivity contribution < 1.29 is 14.3 Å². The second kappa shape index (κ2) is 10.3. The molecule has 2 fully saturated rings. The van der Waals surface area contributed by atoms with Crippen LogP contribution in [0, 0.1) is 6.92 Å². The van der Waals surface area contributed by atoms with Gasteiger partial charge >= 0.3 is 0 Å². The summed E-state index contributed by atoms with van der Waals surface area (Å²) in [6.45, 7) is 4.74. The molecule has 3 rings (SSSR count). The number of aryl methyl sites for hydroxylation is 1. The molecule has 1 amide bonds. The van der Waals surface area contributed by atoms with E-state index in [9.17, 15) is 4.79 Å². The van der Waals surface area contributed by atoms with E-state index < -0.39 is 0 Å². The van der Waals surface area contributed by atoms with Gasteiger partial charge < -0.3 is 20.1 Å². The number of benzene rings is 1. The Morgan fingerprint density at radius 2 is 1.96 bits per heavy atom. The molecule has 2 heterocycles. The van der Waals surface area contributed by atoms with Crippen LogP contribution >= 0.6 is 12.4 Å². The van der Waals surface area contributed by atoms with Gasteiger partial charge in [0.05, 0.1) is 12.2 Å². The van der Waals surface area contributed by atoms with E-state index in [0.717, 1.165) is 38.7 Å². The zero-order valence-electron chi connectivity index (χ0n) is 15.6. The molecule has 0 spiro atoms. The molecule has 0 aliphatic carbocycles. The van der Waals surface area contributed by atoms with Crippen LogP contribution in [0.15, 0.2) is 24.3 Å². The number of hydrogen-bond donors (Lipinski definition) is 1. The Hall–Kier alpha value is -1.14. The number of hydrogen-bond acceptors (Lipinski definition) is 4. The van der Waals surface area contributed by atoms with Crippen molar-refractivity contribution in [2.24, 2.45) is 5.73 Å². The highest BCUT2D eigenvalue weighted by Gasteiger charge is 2.34. The van der Waals surface area contributed by atoms with E-state index >= 15 is 0 Å². The SMILES string of the molecule is Cc1ccc(CCN(CC2CCCO2)C(=O)[C@@H]2CC[C@H](CN)O2)cc1.Cl. The van der Waals surface area contributed by atoms with E-state index in [1.54, 1.807) is 0 Å². The van der Waals surface area contributed by atoms with Gasteiger partial charge in [-0.3, -0.25) is 4.79 Å². The summed E-state index contributed by atoms with van der Waals surface area (Å²) in [6.07, 6.45) is 4.46. The largest absolute Gasteiger partial charge is 0.376 e. The van der Waals surface area contributed by atoms with Crippen LogP contribution in [-0.2, 0) is 20.7 Å². The molecule has 146 valence electrons. The van der Waals surface area contributed by atoms with E-state index in [1.165, 1.54) is 11.1 Å². The molecular weight excluding hydrogens is 352 g/mol. The second-order valence-corrected chi connectivity index (χ2v) is 7.21. The molecular formula is C20H31ClN2O3. The molecule has 0 bridgehead atoms. The van der Waals surface area contributed by atoms with Crippen molar-refractivity contribution in [1.29, 1.82) is 0 Å². The van der Waals surface area contributed by atoms with Crippen LogP contribution in [-0.4, -0.2) is 55.4 Å². The van der Waals surface area contributed by atoms with Gasteiger partial charge in [-0.25, -0.2) is 0 Å². The first-order chi connectivity index (χ1) is 12.2. The summed E-state index contributed by atoms with van der Waals surface area (Å²) < 4.78 is 11.6. The molecule has 2 N–H and O–H groups in total. The molecule has 0 radical (unpaired) electrons. The Morgan fingerprint density at radius 1 is 1.19 bits per heavy atom. The summed E-state index contributed by atoms with van der Waals surface area (Å²) >= 11 is 0. The van der Waals surface area contributed by atoms with Crippen molar-refractivity contribution in [2.75, 3.05) is 26.2 Å². The second-order valence-electron chi connectivity index (χ2n) is 7.21. The molecule has 1 aromatic carbocycles. The lowest BCUT2D eigenvalue weighted by molar-refractivity contribution is -0.144. The van der Waals surface area contributed by atoms with Gasteiger partial charge in [-0.2, -0.15) is 0 Å². The smallest absolute Gasteiger partial charge is 0.251 e. The molecule has 5 nitrogen and oxygen atoms in total. The number of carbonyl (C=O) groups is 1. The number of amides is 1. The number of ether oxygens (including phenoxy) is 2. The highest BCUT2D eigenvalue weighted by atomic mass is 35.5. The first-order valence-electron chi connectivity index (χ1n) is 9.47. The van der Waals surface area contributed by atoms with Crippen LogP contribution in [0.3, 0.4) is 0 Å². The summed E-state index contributed by atoms with van der Waals surface area (Å²) in [6, 6.07) is 8.52. The third-order valence-corrected chi connectivity index (χ3v) is 5.20. The Balaban J connectivity index is 0.00000243. The number of halogens is 1. The maximum Gasteiger partial charge on any atom is 0.251 e. The molecule has 3 atom stereocenters. The van der Waals surface area contributed by atoms with E-state index in [2.05, 4.69) is 31.2 Å². The van der Waals surface area contributed by atoms with Gasteiger partial charge in [0.2, 0.25) is 0 Å². The first-order valence-corrected chi connectivity index (χ1v) is 9.47. The van der Waals surface area contributed by atoms with Crippen molar-refractivity contribution in [3.8, 4) is 0 Å². The molecule has 6 heteroatoms. The third kappa shape index (κ3) is 5.68. The predicted octanol–water partition coefficient (Wildman–Crippen LogP) is 2.47. The van der Waals surface area contributed by atoms with Crippen molar-refractivity contribution in [3.05, 3.63) is 35.4 Å². The third-order valence-electron chi connectivity index (χ3n) is 5.20. The molecule has 2 saturated heterocycles. The van der Waals surface area contributed by atoms with E-state index in [0.29, 0.717) is 19.6 Å². The maximum atomic E-state index is 13.0. The molecule has 2 aliphatic heterocycles. The van der Waals surface area contributed by atoms with E-state index in [-0.39, 0.29) is 36.6 Å². The molecule has 0 saturated carbocycles. The van der Waals surface area contributed by atoms with Crippen molar-refractivity contribution in [3.63, 3.8) is 0 Å². The molecule has 1 unspecified atom stereocenters. The Bertz CT molecular complexity index is 561. The van der Waals surface area contributed by atoms with Crippen LogP contribution in [0.4, 0.5) is 0 Å². The highest BCUT2D eigenvalue weighted by Crippen LogP contribution is 2.22. The Kier molecular flexibility index (Phi) is 8.35. The van der Waals surface area contributed by atoms with Gasteiger partial charge in [0.15, 0.2) is 0 Å². The van der Waals surface area contributed by atoms with Crippen LogP contribution in [0.25, 0.3) is 0 Å². The summed E-state index contributed by atoms with van der Waals surface area (Å²) in [5, 5.41) is 0. The zero-order valence-corrected chi connectivity index (χ0v) is 16.4. The van der Waals surface area contributed by atoms with Gasteiger partial charge in [0.1, 0.15) is 6.10 Å². The molecule has 1 aromatic rings. The summed E-state index contributed by atoms with van der Waals surface area (Å²) in [5.41, 5.74) is 8.19. The van der Waals surface area contributed by atoms with Gasteiger partial charge in [-0.15, -0.1) is 12.4 Å². The summed E-state index contributed by atoms with van der Waals surface area (Å²) in [5.74, 6) is 0.0959. The maximum absolute atomic E-state index is 13.0. The topological polar surface area (TPSA) is 64.8 Å².